The molecule has 17 heteroatoms. The summed E-state index contributed by atoms with van der Waals surface area (Å²) < 4.78 is 71.8. The molecular weight excluding hydrogens is 793 g/mol. The van der Waals surface area contributed by atoms with Crippen LogP contribution in [0.1, 0.15) is 61.5 Å². The van der Waals surface area contributed by atoms with Crippen LogP contribution in [-0.4, -0.2) is 94.6 Å². The Bertz CT molecular complexity index is 2120. The first-order valence-electron chi connectivity index (χ1n) is 17.7. The highest BCUT2D eigenvalue weighted by molar-refractivity contribution is 7.91. The van der Waals surface area contributed by atoms with Crippen LogP contribution >= 0.6 is 23.2 Å². The van der Waals surface area contributed by atoms with E-state index in [2.05, 4.69) is 15.6 Å². The number of nitrogens with one attached hydrogen (secondary N) is 2. The third-order valence-corrected chi connectivity index (χ3v) is 11.9. The van der Waals surface area contributed by atoms with Crippen LogP contribution in [0.3, 0.4) is 0 Å². The summed E-state index contributed by atoms with van der Waals surface area (Å²) in [5.74, 6) is -4.38. The first-order chi connectivity index (χ1) is 26.3. The number of carbonyl (C=O) groups is 3. The quantitative estimate of drug-likeness (QED) is 0.128. The number of hydrogen-bond donors (Lipinski definition) is 2. The molecule has 5 unspecified atom stereocenters. The van der Waals surface area contributed by atoms with E-state index in [4.69, 9.17) is 37.4 Å². The van der Waals surface area contributed by atoms with Crippen molar-refractivity contribution in [3.63, 3.8) is 0 Å². The van der Waals surface area contributed by atoms with Gasteiger partial charge in [-0.05, 0) is 53.8 Å². The van der Waals surface area contributed by atoms with E-state index in [0.29, 0.717) is 6.42 Å². The maximum atomic E-state index is 16.2. The third kappa shape index (κ3) is 9.28. The van der Waals surface area contributed by atoms with Crippen molar-refractivity contribution in [2.75, 3.05) is 44.1 Å². The standard InChI is InChI=1S/C39H44Cl2F2N4O8S/c1-22(55-37(50)47-14-16-56(51,52)17-15-47)54-36(49)23-10-13-29(30(18-23)53-6)45-35(48)34-32(25-8-7-9-27(41)33(25)43)39(21-44-5,31(46-34)20-38(2,3)4)26-12-11-24(40)19-28(26)42/h7-13,18-19,21-22,31-32,34,46H,14-17,20H2,1-6H3,(H,45,48). The number of methoxy groups -OCH3 is 1. The number of amides is 2. The topological polar surface area (TPSA) is 153 Å². The normalized spacial score (nSPS) is 22.8. The van der Waals surface area contributed by atoms with E-state index >= 15 is 8.78 Å². The molecule has 2 heterocycles. The highest BCUT2D eigenvalue weighted by Gasteiger charge is 2.59. The van der Waals surface area contributed by atoms with Crippen LogP contribution in [0.25, 0.3) is 0 Å². The molecule has 2 N–H and O–H groups in total. The summed E-state index contributed by atoms with van der Waals surface area (Å²) in [6, 6.07) is 10.9. The van der Waals surface area contributed by atoms with Crippen LogP contribution in [0.2, 0.25) is 10.0 Å². The number of esters is 1. The Balaban J connectivity index is 1.47. The zero-order valence-corrected chi connectivity index (χ0v) is 34.0. The molecule has 2 fully saturated rings. The van der Waals surface area contributed by atoms with Crippen molar-refractivity contribution in [3.8, 4) is 5.75 Å². The van der Waals surface area contributed by atoms with Gasteiger partial charge in [0.15, 0.2) is 9.84 Å². The van der Waals surface area contributed by atoms with Gasteiger partial charge < -0.3 is 29.7 Å². The number of benzene rings is 3. The Morgan fingerprint density at radius 1 is 1.07 bits per heavy atom. The fourth-order valence-electron chi connectivity index (χ4n) is 7.34. The molecule has 0 bridgehead atoms. The lowest BCUT2D eigenvalue weighted by atomic mass is 9.62. The summed E-state index contributed by atoms with van der Waals surface area (Å²) in [5.41, 5.74) is -1.46. The van der Waals surface area contributed by atoms with Crippen molar-refractivity contribution in [2.45, 2.75) is 63.8 Å². The van der Waals surface area contributed by atoms with Gasteiger partial charge in [-0.2, -0.15) is 0 Å². The van der Waals surface area contributed by atoms with E-state index in [0.717, 1.165) is 0 Å². The summed E-state index contributed by atoms with van der Waals surface area (Å²) in [6.07, 6.45) is -0.200. The van der Waals surface area contributed by atoms with Crippen molar-refractivity contribution < 1.29 is 45.8 Å². The van der Waals surface area contributed by atoms with Crippen LogP contribution in [0.15, 0.2) is 59.6 Å². The predicted molar refractivity (Wildman–Crippen MR) is 210 cm³/mol. The maximum Gasteiger partial charge on any atom is 0.412 e. The number of nitrogens with zero attached hydrogens (tertiary/aromatic N) is 2. The van der Waals surface area contributed by atoms with Crippen molar-refractivity contribution in [2.24, 2.45) is 10.4 Å². The fraction of sp³-hybridized carbons (Fsp3) is 0.436. The lowest BCUT2D eigenvalue weighted by Crippen LogP contribution is -2.47. The molecule has 3 aromatic carbocycles. The zero-order valence-electron chi connectivity index (χ0n) is 31.7. The summed E-state index contributed by atoms with van der Waals surface area (Å²) in [4.78, 5) is 45.7. The van der Waals surface area contributed by atoms with E-state index in [1.54, 1.807) is 12.3 Å². The summed E-state index contributed by atoms with van der Waals surface area (Å²) in [7, 11) is -0.377. The molecular formula is C39H44Cl2F2N4O8S. The van der Waals surface area contributed by atoms with Gasteiger partial charge in [0.25, 0.3) is 0 Å². The highest BCUT2D eigenvalue weighted by Crippen LogP contribution is 2.52. The first-order valence-corrected chi connectivity index (χ1v) is 20.3. The molecule has 2 aliphatic rings. The van der Waals surface area contributed by atoms with E-state index in [9.17, 15) is 22.8 Å². The van der Waals surface area contributed by atoms with Gasteiger partial charge in [-0.25, -0.2) is 26.8 Å². The van der Waals surface area contributed by atoms with Crippen LogP contribution in [0.4, 0.5) is 19.3 Å². The first kappa shape index (κ1) is 42.8. The number of halogens is 4. The number of carbonyl (C=O) groups excluding carboxylic acids is 3. The van der Waals surface area contributed by atoms with Crippen molar-refractivity contribution in [1.29, 1.82) is 0 Å². The number of hydrogen-bond acceptors (Lipinski definition) is 10. The molecule has 3 aromatic rings. The molecule has 0 saturated carbocycles. The fourth-order valence-corrected chi connectivity index (χ4v) is 8.89. The molecule has 0 radical (unpaired) electrons. The summed E-state index contributed by atoms with van der Waals surface area (Å²) in [5, 5.41) is 6.22. The largest absolute Gasteiger partial charge is 0.495 e. The maximum absolute atomic E-state index is 16.2. The second-order valence-corrected chi connectivity index (χ2v) is 18.1. The second kappa shape index (κ2) is 17.0. The Labute approximate surface area is 334 Å². The SMILES string of the molecule is CN=CC1(c2ccc(Cl)cc2F)C(CC(C)(C)C)NC(C(=O)Nc2ccc(C(=O)OC(C)OC(=O)N3CCS(=O)(=O)CC3)cc2OC)C1c1cccc(Cl)c1F. The summed E-state index contributed by atoms with van der Waals surface area (Å²) >= 11 is 12.5. The minimum Gasteiger partial charge on any atom is -0.495 e. The molecule has 5 rings (SSSR count). The van der Waals surface area contributed by atoms with Gasteiger partial charge in [0.1, 0.15) is 17.4 Å². The molecule has 302 valence electrons. The molecule has 12 nitrogen and oxygen atoms in total. The molecule has 56 heavy (non-hydrogen) atoms. The van der Waals surface area contributed by atoms with E-state index in [1.807, 2.05) is 20.8 Å². The van der Waals surface area contributed by atoms with Crippen molar-refractivity contribution in [3.05, 3.63) is 93.0 Å². The smallest absolute Gasteiger partial charge is 0.412 e. The van der Waals surface area contributed by atoms with Gasteiger partial charge in [-0.15, -0.1) is 0 Å². The molecule has 5 atom stereocenters. The number of ether oxygens (including phenoxy) is 3. The van der Waals surface area contributed by atoms with Gasteiger partial charge in [-0.3, -0.25) is 9.79 Å². The summed E-state index contributed by atoms with van der Waals surface area (Å²) in [6.45, 7) is 7.24. The van der Waals surface area contributed by atoms with Crippen LogP contribution in [0.5, 0.6) is 5.75 Å². The van der Waals surface area contributed by atoms with Gasteiger partial charge in [0.2, 0.25) is 12.2 Å². The number of aliphatic imine (C=N–C) groups is 1. The van der Waals surface area contributed by atoms with Crippen LogP contribution in [-0.2, 0) is 29.5 Å². The molecule has 0 spiro atoms. The monoisotopic (exact) mass is 836 g/mol. The number of anilines is 1. The minimum absolute atomic E-state index is 0.00805. The molecule has 2 amide bonds. The third-order valence-electron chi connectivity index (χ3n) is 9.80. The Kier molecular flexibility index (Phi) is 13.0. The molecule has 2 aliphatic heterocycles. The van der Waals surface area contributed by atoms with Crippen molar-refractivity contribution >= 4 is 62.9 Å². The van der Waals surface area contributed by atoms with E-state index in [1.165, 1.54) is 74.5 Å². The van der Waals surface area contributed by atoms with Crippen molar-refractivity contribution in [1.82, 2.24) is 10.2 Å². The van der Waals surface area contributed by atoms with E-state index in [-0.39, 0.29) is 68.2 Å². The van der Waals surface area contributed by atoms with Gasteiger partial charge in [0, 0.05) is 55.8 Å². The Morgan fingerprint density at radius 2 is 1.77 bits per heavy atom. The zero-order chi connectivity index (χ0) is 41.2. The van der Waals surface area contributed by atoms with Gasteiger partial charge >= 0.3 is 12.1 Å². The number of sulfone groups is 1. The molecule has 0 aliphatic carbocycles. The van der Waals surface area contributed by atoms with Gasteiger partial charge in [-0.1, -0.05) is 62.2 Å². The average Bonchev–Trinajstić information content (AvgIpc) is 3.41. The van der Waals surface area contributed by atoms with Crippen LogP contribution < -0.4 is 15.4 Å². The molecule has 2 saturated heterocycles. The Morgan fingerprint density at radius 3 is 2.39 bits per heavy atom. The number of rotatable bonds is 10. The predicted octanol–water partition coefficient (Wildman–Crippen LogP) is 6.79. The van der Waals surface area contributed by atoms with Crippen LogP contribution in [0, 0.1) is 17.0 Å². The average molecular weight is 838 g/mol. The van der Waals surface area contributed by atoms with Gasteiger partial charge in [0.05, 0.1) is 46.3 Å². The second-order valence-electron chi connectivity index (χ2n) is 14.9. The lowest BCUT2D eigenvalue weighted by molar-refractivity contribution is -0.118. The molecule has 0 aromatic heterocycles. The lowest BCUT2D eigenvalue weighted by Gasteiger charge is -2.40. The van der Waals surface area contributed by atoms with E-state index < -0.39 is 69.1 Å². The Hall–Kier alpha value is -4.31. The highest BCUT2D eigenvalue weighted by atomic mass is 35.5. The minimum atomic E-state index is -3.23.